The molecule has 8 nitrogen and oxygen atoms in total. The van der Waals surface area contributed by atoms with Gasteiger partial charge in [0.25, 0.3) is 0 Å². The maximum absolute atomic E-state index is 13.4. The van der Waals surface area contributed by atoms with Crippen molar-refractivity contribution in [3.05, 3.63) is 66.4 Å². The fraction of sp³-hybridized carbons (Fsp3) is 0.261. The van der Waals surface area contributed by atoms with Gasteiger partial charge in [0, 0.05) is 23.4 Å². The van der Waals surface area contributed by atoms with E-state index in [4.69, 9.17) is 5.73 Å². The smallest absolute Gasteiger partial charge is 0.319 e. The fourth-order valence-electron chi connectivity index (χ4n) is 3.56. The Kier molecular flexibility index (Phi) is 5.60. The van der Waals surface area contributed by atoms with Gasteiger partial charge in [-0.15, -0.1) is 0 Å². The zero-order chi connectivity index (χ0) is 22.9. The van der Waals surface area contributed by atoms with E-state index in [-0.39, 0.29) is 22.8 Å². The van der Waals surface area contributed by atoms with E-state index in [0.717, 1.165) is 0 Å². The number of nitrogens with one attached hydrogen (secondary N) is 2. The van der Waals surface area contributed by atoms with Crippen LogP contribution >= 0.6 is 0 Å². The van der Waals surface area contributed by atoms with Crippen molar-refractivity contribution in [2.75, 3.05) is 11.1 Å². The molecule has 1 fully saturated rings. The van der Waals surface area contributed by atoms with Crippen LogP contribution in [0.4, 0.5) is 16.3 Å². The molecule has 1 saturated carbocycles. The predicted octanol–water partition coefficient (Wildman–Crippen LogP) is 3.72. The standard InChI is InChI=1S/C23H25N5O3S/c1-15(2)25-22(29)26-17-10-8-16(9-11-17)21-27-19(14-20(24)28-21)23(12-13-23)32(30,31)18-6-4-3-5-7-18/h3-11,14-15H,12-13H2,1-2H3,(H2,24,27,28)(H2,25,26,29). The van der Waals surface area contributed by atoms with Crippen LogP contribution in [-0.2, 0) is 14.6 Å². The summed E-state index contributed by atoms with van der Waals surface area (Å²) >= 11 is 0. The Morgan fingerprint density at radius 2 is 1.69 bits per heavy atom. The molecule has 1 heterocycles. The first-order valence-electron chi connectivity index (χ1n) is 10.3. The Labute approximate surface area is 187 Å². The van der Waals surface area contributed by atoms with Gasteiger partial charge >= 0.3 is 6.03 Å². The summed E-state index contributed by atoms with van der Waals surface area (Å²) in [4.78, 5) is 21.0. The Morgan fingerprint density at radius 1 is 1.03 bits per heavy atom. The number of hydrogen-bond acceptors (Lipinski definition) is 6. The number of benzene rings is 2. The number of nitrogens with two attached hydrogens (primary N) is 1. The predicted molar refractivity (Wildman–Crippen MR) is 124 cm³/mol. The van der Waals surface area contributed by atoms with E-state index in [1.807, 2.05) is 13.8 Å². The number of carbonyl (C=O) groups is 1. The Hall–Kier alpha value is -3.46. The van der Waals surface area contributed by atoms with Gasteiger partial charge in [0.05, 0.1) is 10.6 Å². The summed E-state index contributed by atoms with van der Waals surface area (Å²) in [6, 6.07) is 16.7. The number of rotatable bonds is 6. The molecule has 1 aliphatic rings. The van der Waals surface area contributed by atoms with Gasteiger partial charge in [-0.1, -0.05) is 18.2 Å². The monoisotopic (exact) mass is 451 g/mol. The van der Waals surface area contributed by atoms with Crippen molar-refractivity contribution < 1.29 is 13.2 Å². The minimum atomic E-state index is -3.63. The van der Waals surface area contributed by atoms with Crippen molar-refractivity contribution in [3.63, 3.8) is 0 Å². The summed E-state index contributed by atoms with van der Waals surface area (Å²) in [6.45, 7) is 3.75. The normalized spacial score (nSPS) is 14.7. The number of hydrogen-bond donors (Lipinski definition) is 3. The van der Waals surface area contributed by atoms with Crippen LogP contribution in [0.1, 0.15) is 32.4 Å². The van der Waals surface area contributed by atoms with E-state index in [1.54, 1.807) is 60.7 Å². The molecule has 0 spiro atoms. The molecule has 0 unspecified atom stereocenters. The molecular formula is C23H25N5O3S. The summed E-state index contributed by atoms with van der Waals surface area (Å²) in [5, 5.41) is 5.51. The van der Waals surface area contributed by atoms with E-state index in [9.17, 15) is 13.2 Å². The lowest BCUT2D eigenvalue weighted by molar-refractivity contribution is 0.250. The van der Waals surface area contributed by atoms with Gasteiger partial charge in [-0.05, 0) is 63.1 Å². The van der Waals surface area contributed by atoms with E-state index in [0.29, 0.717) is 35.6 Å². The lowest BCUT2D eigenvalue weighted by atomic mass is 10.1. The number of aromatic nitrogens is 2. The van der Waals surface area contributed by atoms with Crippen LogP contribution in [0.5, 0.6) is 0 Å². The van der Waals surface area contributed by atoms with Crippen molar-refractivity contribution in [1.29, 1.82) is 0 Å². The highest BCUT2D eigenvalue weighted by molar-refractivity contribution is 7.92. The molecular weight excluding hydrogens is 426 g/mol. The molecule has 4 N–H and O–H groups in total. The molecule has 1 aromatic heterocycles. The lowest BCUT2D eigenvalue weighted by Crippen LogP contribution is -2.34. The van der Waals surface area contributed by atoms with Gasteiger partial charge in [-0.2, -0.15) is 0 Å². The second-order valence-corrected chi connectivity index (χ2v) is 10.4. The van der Waals surface area contributed by atoms with E-state index >= 15 is 0 Å². The van der Waals surface area contributed by atoms with Crippen LogP contribution in [0.25, 0.3) is 11.4 Å². The molecule has 2 aromatic carbocycles. The highest BCUT2D eigenvalue weighted by Gasteiger charge is 2.57. The van der Waals surface area contributed by atoms with Crippen LogP contribution < -0.4 is 16.4 Å². The van der Waals surface area contributed by atoms with Crippen molar-refractivity contribution in [1.82, 2.24) is 15.3 Å². The van der Waals surface area contributed by atoms with Crippen LogP contribution in [0.15, 0.2) is 65.6 Å². The Bertz CT molecular complexity index is 1240. The molecule has 0 aliphatic heterocycles. The van der Waals surface area contributed by atoms with E-state index < -0.39 is 14.6 Å². The lowest BCUT2D eigenvalue weighted by Gasteiger charge is -2.17. The van der Waals surface area contributed by atoms with Crippen LogP contribution in [-0.4, -0.2) is 30.5 Å². The van der Waals surface area contributed by atoms with Crippen molar-refractivity contribution in [2.45, 2.75) is 42.4 Å². The molecule has 0 radical (unpaired) electrons. The zero-order valence-corrected chi connectivity index (χ0v) is 18.7. The number of nitrogens with zero attached hydrogens (tertiary/aromatic N) is 2. The zero-order valence-electron chi connectivity index (χ0n) is 17.9. The fourth-order valence-corrected chi connectivity index (χ4v) is 5.55. The second kappa shape index (κ2) is 8.23. The van der Waals surface area contributed by atoms with Crippen molar-refractivity contribution in [2.24, 2.45) is 0 Å². The highest BCUT2D eigenvalue weighted by Crippen LogP contribution is 2.54. The van der Waals surface area contributed by atoms with Crippen LogP contribution in [0, 0.1) is 0 Å². The molecule has 2 amide bonds. The van der Waals surface area contributed by atoms with Crippen LogP contribution in [0.2, 0.25) is 0 Å². The Balaban J connectivity index is 1.63. The first-order valence-corrected chi connectivity index (χ1v) is 11.8. The van der Waals surface area contributed by atoms with Crippen molar-refractivity contribution in [3.8, 4) is 11.4 Å². The van der Waals surface area contributed by atoms with Crippen LogP contribution in [0.3, 0.4) is 0 Å². The number of sulfone groups is 1. The number of carbonyl (C=O) groups excluding carboxylic acids is 1. The molecule has 9 heteroatoms. The molecule has 1 aliphatic carbocycles. The number of anilines is 2. The largest absolute Gasteiger partial charge is 0.384 e. The summed E-state index contributed by atoms with van der Waals surface area (Å²) in [7, 11) is -3.63. The topological polar surface area (TPSA) is 127 Å². The molecule has 4 rings (SSSR count). The summed E-state index contributed by atoms with van der Waals surface area (Å²) < 4.78 is 25.6. The molecule has 0 saturated heterocycles. The Morgan fingerprint density at radius 3 is 2.28 bits per heavy atom. The average Bonchev–Trinajstić information content (AvgIpc) is 3.57. The molecule has 0 bridgehead atoms. The van der Waals surface area contributed by atoms with Gasteiger partial charge in [-0.25, -0.2) is 23.2 Å². The maximum Gasteiger partial charge on any atom is 0.319 e. The van der Waals surface area contributed by atoms with Gasteiger partial charge in [0.15, 0.2) is 15.7 Å². The van der Waals surface area contributed by atoms with Gasteiger partial charge in [-0.3, -0.25) is 0 Å². The molecule has 3 aromatic rings. The van der Waals surface area contributed by atoms with Crippen molar-refractivity contribution >= 4 is 27.4 Å². The van der Waals surface area contributed by atoms with E-state index in [2.05, 4.69) is 20.6 Å². The van der Waals surface area contributed by atoms with E-state index in [1.165, 1.54) is 0 Å². The van der Waals surface area contributed by atoms with Gasteiger partial charge in [0.2, 0.25) is 0 Å². The van der Waals surface area contributed by atoms with Gasteiger partial charge in [0.1, 0.15) is 10.6 Å². The summed E-state index contributed by atoms with van der Waals surface area (Å²) in [6.07, 6.45) is 0.960. The quantitative estimate of drug-likeness (QED) is 0.524. The SMILES string of the molecule is CC(C)NC(=O)Nc1ccc(-c2nc(N)cc(C3(S(=O)(=O)c4ccccc4)CC3)n2)cc1. The minimum absolute atomic E-state index is 0.0234. The average molecular weight is 452 g/mol. The third-order valence-electron chi connectivity index (χ3n) is 5.31. The second-order valence-electron chi connectivity index (χ2n) is 8.14. The van der Waals surface area contributed by atoms with Gasteiger partial charge < -0.3 is 16.4 Å². The first kappa shape index (κ1) is 21.8. The first-order chi connectivity index (χ1) is 15.2. The summed E-state index contributed by atoms with van der Waals surface area (Å²) in [5.41, 5.74) is 7.72. The molecule has 166 valence electrons. The summed E-state index contributed by atoms with van der Waals surface area (Å²) in [5.74, 6) is 0.547. The molecule has 32 heavy (non-hydrogen) atoms. The minimum Gasteiger partial charge on any atom is -0.384 e. The third kappa shape index (κ3) is 4.16. The highest BCUT2D eigenvalue weighted by atomic mass is 32.2. The molecule has 0 atom stereocenters. The maximum atomic E-state index is 13.4. The number of nitrogen functional groups attached to an aromatic ring is 1. The third-order valence-corrected chi connectivity index (χ3v) is 7.84. The number of urea groups is 1. The number of amides is 2.